The number of nitrogens with two attached hydrogens (primary N) is 1. The van der Waals surface area contributed by atoms with Crippen molar-refractivity contribution in [3.8, 4) is 0 Å². The van der Waals surface area contributed by atoms with Crippen LogP contribution in [0.1, 0.15) is 51.7 Å². The molecule has 1 fully saturated rings. The number of ether oxygens (including phenoxy) is 1. The molecule has 1 aromatic rings. The molecule has 1 saturated heterocycles. The molecule has 240 valence electrons. The lowest BCUT2D eigenvalue weighted by molar-refractivity contribution is -1.04. The van der Waals surface area contributed by atoms with Gasteiger partial charge < -0.3 is 30.5 Å². The largest absolute Gasteiger partial charge is 0.752 e. The van der Waals surface area contributed by atoms with E-state index in [9.17, 15) is 42.3 Å². The molecule has 1 aromatic heterocycles. The van der Waals surface area contributed by atoms with Crippen molar-refractivity contribution < 1.29 is 64.9 Å². The average Bonchev–Trinajstić information content (AvgIpc) is 3.06. The third-order valence-electron chi connectivity index (χ3n) is 5.17. The number of aliphatic hydroxyl groups is 2. The molecule has 1 aliphatic rings. The fourth-order valence-electron chi connectivity index (χ4n) is 3.41. The molecule has 0 spiro atoms. The minimum absolute atomic E-state index is 0.0734. The first-order chi connectivity index (χ1) is 18.7. The number of quaternary nitrogens is 1. The highest BCUT2D eigenvalue weighted by atomic mass is 32.2. The van der Waals surface area contributed by atoms with Gasteiger partial charge in [0.15, 0.2) is 6.23 Å². The number of anilines is 1. The van der Waals surface area contributed by atoms with Crippen molar-refractivity contribution >= 4 is 31.6 Å². The molecule has 0 bridgehead atoms. The van der Waals surface area contributed by atoms with Gasteiger partial charge in [0.1, 0.15) is 24.1 Å². The van der Waals surface area contributed by atoms with E-state index < -0.39 is 67.2 Å². The van der Waals surface area contributed by atoms with Crippen LogP contribution in [0.4, 0.5) is 5.82 Å². The fourth-order valence-corrected chi connectivity index (χ4v) is 6.24. The van der Waals surface area contributed by atoms with Crippen LogP contribution in [0.3, 0.4) is 0 Å². The van der Waals surface area contributed by atoms with Gasteiger partial charge in [-0.05, 0) is 12.5 Å². The van der Waals surface area contributed by atoms with Crippen LogP contribution in [0.2, 0.25) is 0 Å². The Kier molecular flexibility index (Phi) is 14.7. The highest BCUT2D eigenvalue weighted by molar-refractivity contribution is 7.85. The molecular formula is C20H40N4O14P2S. The van der Waals surface area contributed by atoms with E-state index in [1.54, 1.807) is 0 Å². The van der Waals surface area contributed by atoms with Gasteiger partial charge in [0.2, 0.25) is 0 Å². The van der Waals surface area contributed by atoms with Crippen LogP contribution in [-0.2, 0) is 37.4 Å². The van der Waals surface area contributed by atoms with E-state index in [4.69, 9.17) is 15.0 Å². The molecule has 2 unspecified atom stereocenters. The second kappa shape index (κ2) is 16.0. The lowest BCUT2D eigenvalue weighted by Gasteiger charge is -2.30. The Morgan fingerprint density at radius 1 is 1.15 bits per heavy atom. The van der Waals surface area contributed by atoms with Crippen molar-refractivity contribution in [3.63, 3.8) is 0 Å². The van der Waals surface area contributed by atoms with Crippen LogP contribution in [0.25, 0.3) is 0 Å². The van der Waals surface area contributed by atoms with Crippen LogP contribution in [0.15, 0.2) is 17.1 Å². The quantitative estimate of drug-likeness (QED) is 0.0544. The van der Waals surface area contributed by atoms with Crippen LogP contribution in [0.5, 0.6) is 0 Å². The van der Waals surface area contributed by atoms with Gasteiger partial charge in [0, 0.05) is 6.20 Å². The summed E-state index contributed by atoms with van der Waals surface area (Å²) in [6.07, 6.45) is 1.23. The Bertz CT molecular complexity index is 1230. The number of hydroxylamine groups is 3. The summed E-state index contributed by atoms with van der Waals surface area (Å²) in [6, 6.07) is 1.25. The lowest BCUT2D eigenvalue weighted by atomic mass is 10.1. The molecule has 0 amide bonds. The van der Waals surface area contributed by atoms with E-state index >= 15 is 0 Å². The first-order valence-electron chi connectivity index (χ1n) is 12.5. The molecule has 0 saturated carbocycles. The lowest BCUT2D eigenvalue weighted by Crippen LogP contribution is -2.36. The van der Waals surface area contributed by atoms with Crippen LogP contribution in [0, 0.1) is 0 Å². The highest BCUT2D eigenvalue weighted by Gasteiger charge is 2.45. The van der Waals surface area contributed by atoms with Gasteiger partial charge in [-0.1, -0.05) is 39.0 Å². The molecule has 21 heteroatoms. The third kappa shape index (κ3) is 15.1. The van der Waals surface area contributed by atoms with Crippen molar-refractivity contribution in [1.82, 2.24) is 9.55 Å². The number of rotatable bonds is 15. The number of aromatic nitrogens is 2. The minimum atomic E-state index is -5.23. The van der Waals surface area contributed by atoms with E-state index in [1.807, 2.05) is 0 Å². The molecule has 6 atom stereocenters. The summed E-state index contributed by atoms with van der Waals surface area (Å²) in [5.74, 6) is -0.158. The van der Waals surface area contributed by atoms with Crippen molar-refractivity contribution in [3.05, 3.63) is 22.7 Å². The molecule has 1 aliphatic heterocycles. The smallest absolute Gasteiger partial charge is 0.478 e. The summed E-state index contributed by atoms with van der Waals surface area (Å²) in [4.78, 5) is 36.6. The van der Waals surface area contributed by atoms with Crippen LogP contribution >= 0.6 is 15.6 Å². The predicted octanol–water partition coefficient (Wildman–Crippen LogP) is -0.0808. The average molecular weight is 655 g/mol. The Hall–Kier alpha value is -1.31. The molecule has 41 heavy (non-hydrogen) atoms. The van der Waals surface area contributed by atoms with Gasteiger partial charge in [-0.3, -0.25) is 18.2 Å². The highest BCUT2D eigenvalue weighted by Crippen LogP contribution is 2.59. The first kappa shape index (κ1) is 37.7. The molecule has 6 N–H and O–H groups in total. The molecule has 2 heterocycles. The summed E-state index contributed by atoms with van der Waals surface area (Å²) >= 11 is 0. The number of hydrogen-bond acceptors (Lipinski definition) is 14. The van der Waals surface area contributed by atoms with E-state index in [1.165, 1.54) is 52.7 Å². The van der Waals surface area contributed by atoms with E-state index in [0.29, 0.717) is 6.42 Å². The monoisotopic (exact) mass is 654 g/mol. The molecule has 2 rings (SSSR count). The number of aliphatic hydroxyl groups excluding tert-OH is 2. The van der Waals surface area contributed by atoms with Gasteiger partial charge in [-0.15, -0.1) is 4.62 Å². The van der Waals surface area contributed by atoms with Gasteiger partial charge in [0.05, 0.1) is 33.5 Å². The van der Waals surface area contributed by atoms with E-state index in [2.05, 4.69) is 25.4 Å². The van der Waals surface area contributed by atoms with Crippen molar-refractivity contribution in [2.75, 3.05) is 39.2 Å². The van der Waals surface area contributed by atoms with Gasteiger partial charge in [-0.2, -0.15) is 18.0 Å². The number of unbranched alkanes of at least 4 members (excludes halogenated alkanes) is 5. The Morgan fingerprint density at radius 3 is 2.27 bits per heavy atom. The number of phosphoric acid groups is 2. The summed E-state index contributed by atoms with van der Waals surface area (Å²) in [6.45, 7) is 1.28. The fraction of sp³-hybridized carbons (Fsp3) is 0.800. The molecular weight excluding hydrogens is 614 g/mol. The molecule has 0 radical (unpaired) electrons. The second-order valence-corrected chi connectivity index (χ2v) is 14.4. The summed E-state index contributed by atoms with van der Waals surface area (Å²) in [7, 11) is -10.2. The third-order valence-corrected chi connectivity index (χ3v) is 8.76. The maximum atomic E-state index is 11.9. The zero-order chi connectivity index (χ0) is 31.6. The van der Waals surface area contributed by atoms with E-state index in [-0.39, 0.29) is 11.6 Å². The number of nitrogens with zero attached hydrogens (tertiary/aromatic N) is 3. The Balaban J connectivity index is 0.000000590. The van der Waals surface area contributed by atoms with Crippen LogP contribution in [-0.4, -0.2) is 94.1 Å². The Labute approximate surface area is 238 Å². The molecule has 0 aliphatic carbocycles. The van der Waals surface area contributed by atoms with Gasteiger partial charge in [0.25, 0.3) is 10.1 Å². The van der Waals surface area contributed by atoms with Crippen molar-refractivity contribution in [2.24, 2.45) is 0 Å². The van der Waals surface area contributed by atoms with E-state index in [0.717, 1.165) is 17.4 Å². The summed E-state index contributed by atoms with van der Waals surface area (Å²) < 4.78 is 71.1. The zero-order valence-corrected chi connectivity index (χ0v) is 25.8. The van der Waals surface area contributed by atoms with Crippen LogP contribution < -0.4 is 16.3 Å². The SMILES string of the molecule is CCCCCCCCS(=O)(=O)O.C[N+](C)(C)OP(=O)([O-])OP(=O)(O)OC[C@H]1O[C@@H](n2ccc(N)nc2=O)[C@H](O)[C@@H]1O. The Morgan fingerprint density at radius 2 is 1.73 bits per heavy atom. The number of hydrogen-bond donors (Lipinski definition) is 5. The topological polar surface area (TPSA) is 270 Å². The zero-order valence-electron chi connectivity index (χ0n) is 23.2. The van der Waals surface area contributed by atoms with Gasteiger partial charge >= 0.3 is 21.3 Å². The molecule has 18 nitrogen and oxygen atoms in total. The number of phosphoric ester groups is 1. The minimum Gasteiger partial charge on any atom is -0.752 e. The summed E-state index contributed by atoms with van der Waals surface area (Å²) in [5.41, 5.74) is 4.50. The van der Waals surface area contributed by atoms with Crippen molar-refractivity contribution in [2.45, 2.75) is 70.0 Å². The van der Waals surface area contributed by atoms with Crippen molar-refractivity contribution in [1.29, 1.82) is 0 Å². The predicted molar refractivity (Wildman–Crippen MR) is 142 cm³/mol. The maximum Gasteiger partial charge on any atom is 0.478 e. The number of nitrogen functional groups attached to an aromatic ring is 1. The standard InChI is InChI=1S/C12H22N4O11P2.C8H18O3S/c1-16(2,3)26-29(22,23)27-28(20,21)24-6-7-9(17)10(18)11(25-7)15-5-4-8(13)14-12(15)19;1-2-3-4-5-6-7-8-12(9,10)11/h4-5,7,9-11,17-18H,6H2,1-3H3,(H3-,13,14,19,20,21,22,23);2-8H2,1H3,(H,9,10,11)/t7-,9-,10-,11-;/m1./s1. The second-order valence-electron chi connectivity index (χ2n) is 9.91. The summed E-state index contributed by atoms with van der Waals surface area (Å²) in [5, 5.41) is 20.1. The first-order valence-corrected chi connectivity index (χ1v) is 17.1. The van der Waals surface area contributed by atoms with Gasteiger partial charge in [-0.25, -0.2) is 13.7 Å². The normalized spacial score (nSPS) is 24.2. The molecule has 0 aromatic carbocycles. The maximum absolute atomic E-state index is 11.9.